The molecule has 0 amide bonds. The number of rotatable bonds is 0. The molecule has 0 aromatic heterocycles. The highest BCUT2D eigenvalue weighted by Crippen LogP contribution is 2.20. The molecule has 128 valence electrons. The number of nitrogens with two attached hydrogens (primary N) is 4. The highest BCUT2D eigenvalue weighted by molar-refractivity contribution is 7.79. The number of hydrogen-bond acceptors (Lipinski definition) is 8. The minimum absolute atomic E-state index is 0.525. The van der Waals surface area contributed by atoms with E-state index in [1.54, 1.807) is 36.4 Å². The van der Waals surface area contributed by atoms with Crippen molar-refractivity contribution in [2.75, 3.05) is 22.9 Å². The average molecular weight is 381 g/mol. The van der Waals surface area contributed by atoms with Crippen molar-refractivity contribution in [3.63, 3.8) is 0 Å². The van der Waals surface area contributed by atoms with Gasteiger partial charge in [0.2, 0.25) is 0 Å². The van der Waals surface area contributed by atoms with Crippen LogP contribution in [-0.2, 0) is 10.4 Å². The fourth-order valence-electron chi connectivity index (χ4n) is 1.12. The Labute approximate surface area is 143 Å². The number of halogens is 2. The molecule has 8 nitrogen and oxygen atoms in total. The minimum Gasteiger partial charge on any atom is -0.759 e. The summed E-state index contributed by atoms with van der Waals surface area (Å²) in [5, 5.41) is 1.09. The number of anilines is 4. The van der Waals surface area contributed by atoms with Crippen LogP contribution in [0.4, 0.5) is 22.7 Å². The molecular weight excluding hydrogens is 367 g/mol. The maximum atomic E-state index is 8.52. The molecular formula is C12H14Cl2N4O4S-2. The number of benzene rings is 2. The Bertz CT molecular complexity index is 699. The fraction of sp³-hybridized carbons (Fsp3) is 0. The first-order valence-corrected chi connectivity index (χ1v) is 7.76. The van der Waals surface area contributed by atoms with E-state index in [1.165, 1.54) is 0 Å². The topological polar surface area (TPSA) is 184 Å². The van der Waals surface area contributed by atoms with E-state index in [2.05, 4.69) is 0 Å². The van der Waals surface area contributed by atoms with Gasteiger partial charge in [-0.3, -0.25) is 8.42 Å². The molecule has 2 aromatic carbocycles. The van der Waals surface area contributed by atoms with Crippen LogP contribution in [-0.4, -0.2) is 17.5 Å². The van der Waals surface area contributed by atoms with Crippen LogP contribution in [0.1, 0.15) is 0 Å². The average Bonchev–Trinajstić information content (AvgIpc) is 2.38. The molecule has 0 saturated heterocycles. The molecule has 0 fully saturated rings. The van der Waals surface area contributed by atoms with Gasteiger partial charge in [-0.1, -0.05) is 23.2 Å². The van der Waals surface area contributed by atoms with E-state index in [0.717, 1.165) is 0 Å². The van der Waals surface area contributed by atoms with E-state index in [0.29, 0.717) is 32.8 Å². The van der Waals surface area contributed by atoms with Gasteiger partial charge in [0.05, 0.1) is 21.4 Å². The van der Waals surface area contributed by atoms with Crippen LogP contribution in [0.5, 0.6) is 0 Å². The lowest BCUT2D eigenvalue weighted by Crippen LogP contribution is -1.91. The predicted octanol–water partition coefficient (Wildman–Crippen LogP) is 1.67. The molecule has 2 aromatic rings. The van der Waals surface area contributed by atoms with Crippen LogP contribution in [0, 0.1) is 0 Å². The smallest absolute Gasteiger partial charge is 0.0636 e. The molecule has 0 heterocycles. The van der Waals surface area contributed by atoms with Gasteiger partial charge >= 0.3 is 0 Å². The van der Waals surface area contributed by atoms with Gasteiger partial charge in [-0.15, -0.1) is 0 Å². The third-order valence-electron chi connectivity index (χ3n) is 2.04. The summed E-state index contributed by atoms with van der Waals surface area (Å²) in [4.78, 5) is 0. The van der Waals surface area contributed by atoms with Gasteiger partial charge < -0.3 is 32.0 Å². The first kappa shape index (κ1) is 21.1. The number of nitrogen functional groups attached to an aromatic ring is 4. The lowest BCUT2D eigenvalue weighted by molar-refractivity contribution is 0.352. The molecule has 0 atom stereocenters. The molecule has 0 aliphatic heterocycles. The van der Waals surface area contributed by atoms with Crippen molar-refractivity contribution < 1.29 is 17.5 Å². The molecule has 0 aliphatic carbocycles. The lowest BCUT2D eigenvalue weighted by Gasteiger charge is -2.06. The zero-order valence-corrected chi connectivity index (χ0v) is 13.9. The summed E-state index contributed by atoms with van der Waals surface area (Å²) in [5.41, 5.74) is 23.9. The summed E-state index contributed by atoms with van der Waals surface area (Å²) in [7, 11) is -5.17. The Hall–Kier alpha value is -1.91. The lowest BCUT2D eigenvalue weighted by atomic mass is 10.3. The maximum Gasteiger partial charge on any atom is 0.0636 e. The third-order valence-corrected chi connectivity index (χ3v) is 2.73. The van der Waals surface area contributed by atoms with E-state index in [-0.39, 0.29) is 0 Å². The Morgan fingerprint density at radius 1 is 0.739 bits per heavy atom. The monoisotopic (exact) mass is 380 g/mol. The van der Waals surface area contributed by atoms with Gasteiger partial charge in [-0.25, -0.2) is 0 Å². The van der Waals surface area contributed by atoms with Gasteiger partial charge in [-0.2, -0.15) is 0 Å². The van der Waals surface area contributed by atoms with Gasteiger partial charge in [0.1, 0.15) is 0 Å². The van der Waals surface area contributed by atoms with Gasteiger partial charge in [0, 0.05) is 21.8 Å². The second-order valence-corrected chi connectivity index (χ2v) is 5.60. The van der Waals surface area contributed by atoms with E-state index in [1.807, 2.05) is 0 Å². The van der Waals surface area contributed by atoms with Crippen LogP contribution in [0.25, 0.3) is 0 Å². The van der Waals surface area contributed by atoms with Crippen LogP contribution in [0.3, 0.4) is 0 Å². The van der Waals surface area contributed by atoms with Gasteiger partial charge in [-0.05, 0) is 36.4 Å². The van der Waals surface area contributed by atoms with Crippen LogP contribution >= 0.6 is 23.2 Å². The predicted molar refractivity (Wildman–Crippen MR) is 91.0 cm³/mol. The Kier molecular flexibility index (Phi) is 8.51. The zero-order valence-electron chi connectivity index (χ0n) is 11.6. The third kappa shape index (κ3) is 11.3. The standard InChI is InChI=1S/2C6H7ClN2.H2O4S/c2*7-5-2-1-4(8)3-6(5)9;1-5(2,3)4/h2*1-3H,8-9H2;(H2,1,2,3,4)/p-2. The van der Waals surface area contributed by atoms with E-state index >= 15 is 0 Å². The second kappa shape index (κ2) is 9.28. The van der Waals surface area contributed by atoms with Crippen molar-refractivity contribution in [3.8, 4) is 0 Å². The van der Waals surface area contributed by atoms with Crippen molar-refractivity contribution in [1.29, 1.82) is 0 Å². The highest BCUT2D eigenvalue weighted by Gasteiger charge is 1.93. The highest BCUT2D eigenvalue weighted by atomic mass is 35.5. The first-order valence-electron chi connectivity index (χ1n) is 5.68. The Balaban J connectivity index is 0.000000332. The van der Waals surface area contributed by atoms with E-state index in [4.69, 9.17) is 63.7 Å². The zero-order chi connectivity index (χ0) is 18.2. The van der Waals surface area contributed by atoms with Crippen LogP contribution < -0.4 is 22.9 Å². The summed E-state index contributed by atoms with van der Waals surface area (Å²) in [6.07, 6.45) is 0. The van der Waals surface area contributed by atoms with Crippen molar-refractivity contribution >= 4 is 56.4 Å². The molecule has 0 aliphatic rings. The summed E-state index contributed by atoms with van der Waals surface area (Å²) < 4.78 is 34.1. The normalized spacial score (nSPS) is 9.91. The molecule has 11 heteroatoms. The first-order chi connectivity index (χ1) is 10.4. The van der Waals surface area contributed by atoms with Gasteiger partial charge in [0.25, 0.3) is 0 Å². The summed E-state index contributed by atoms with van der Waals surface area (Å²) in [6, 6.07) is 10.0. The van der Waals surface area contributed by atoms with Gasteiger partial charge in [0.15, 0.2) is 0 Å². The molecule has 0 radical (unpaired) electrons. The molecule has 8 N–H and O–H groups in total. The Morgan fingerprint density at radius 3 is 1.17 bits per heavy atom. The molecule has 23 heavy (non-hydrogen) atoms. The second-order valence-electron chi connectivity index (χ2n) is 3.97. The maximum absolute atomic E-state index is 8.52. The molecule has 0 spiro atoms. The van der Waals surface area contributed by atoms with Crippen LogP contribution in [0.2, 0.25) is 10.0 Å². The van der Waals surface area contributed by atoms with Crippen molar-refractivity contribution in [1.82, 2.24) is 0 Å². The van der Waals surface area contributed by atoms with E-state index in [9.17, 15) is 0 Å². The van der Waals surface area contributed by atoms with Crippen molar-refractivity contribution in [2.45, 2.75) is 0 Å². The van der Waals surface area contributed by atoms with E-state index < -0.39 is 10.4 Å². The fourth-order valence-corrected chi connectivity index (χ4v) is 1.36. The number of hydrogen-bond donors (Lipinski definition) is 4. The summed E-state index contributed by atoms with van der Waals surface area (Å²) in [5.74, 6) is 0. The van der Waals surface area contributed by atoms with Crippen molar-refractivity contribution in [3.05, 3.63) is 46.4 Å². The Morgan fingerprint density at radius 2 is 1.00 bits per heavy atom. The molecule has 2 rings (SSSR count). The largest absolute Gasteiger partial charge is 0.759 e. The molecule has 0 saturated carbocycles. The quantitative estimate of drug-likeness (QED) is 0.301. The summed E-state index contributed by atoms with van der Waals surface area (Å²) in [6.45, 7) is 0. The SMILES string of the molecule is Nc1ccc(Cl)c(N)c1.Nc1ccc(Cl)c(N)c1.O=S(=O)([O-])[O-]. The van der Waals surface area contributed by atoms with Crippen LogP contribution in [0.15, 0.2) is 36.4 Å². The summed E-state index contributed by atoms with van der Waals surface area (Å²) >= 11 is 11.2. The molecule has 0 bridgehead atoms. The molecule has 0 unspecified atom stereocenters. The minimum atomic E-state index is -5.17. The van der Waals surface area contributed by atoms with Crippen molar-refractivity contribution in [2.24, 2.45) is 0 Å².